The van der Waals surface area contributed by atoms with Crippen LogP contribution in [-0.2, 0) is 10.4 Å². The minimum atomic E-state index is -5.17. The zero-order chi connectivity index (χ0) is 24.1. The molecule has 0 bridgehead atoms. The van der Waals surface area contributed by atoms with Gasteiger partial charge >= 0.3 is 59.1 Å². The van der Waals surface area contributed by atoms with E-state index in [1.807, 2.05) is 0 Å². The monoisotopic (exact) mass is 514 g/mol. The molecule has 0 aromatic carbocycles. The van der Waals surface area contributed by atoms with Gasteiger partial charge in [0.25, 0.3) is 0 Å². The number of hydrogen-bond donors (Lipinski definition) is 2. The van der Waals surface area contributed by atoms with Crippen molar-refractivity contribution < 1.29 is 86.9 Å². The van der Waals surface area contributed by atoms with Crippen molar-refractivity contribution in [3.8, 4) is 0 Å². The van der Waals surface area contributed by atoms with Gasteiger partial charge in [0.2, 0.25) is 0 Å². The van der Waals surface area contributed by atoms with Crippen LogP contribution in [0.3, 0.4) is 0 Å². The summed E-state index contributed by atoms with van der Waals surface area (Å²) in [6.07, 6.45) is 26.6. The van der Waals surface area contributed by atoms with Crippen LogP contribution in [0.1, 0.15) is 142 Å². The van der Waals surface area contributed by atoms with E-state index in [-0.39, 0.29) is 59.1 Å². The van der Waals surface area contributed by atoms with Crippen molar-refractivity contribution in [3.05, 3.63) is 0 Å². The van der Waals surface area contributed by atoms with Gasteiger partial charge in [-0.3, -0.25) is 8.42 Å². The molecular weight excluding hydrogens is 462 g/mol. The zero-order valence-corrected chi connectivity index (χ0v) is 27.3. The number of aliphatic hydroxyl groups excluding tert-OH is 2. The summed E-state index contributed by atoms with van der Waals surface area (Å²) >= 11 is 0. The molecule has 0 aromatic rings. The maximum absolute atomic E-state index is 8.57. The Balaban J connectivity index is -0.000000125. The Morgan fingerprint density at radius 1 is 0.455 bits per heavy atom. The van der Waals surface area contributed by atoms with Crippen LogP contribution in [0.4, 0.5) is 0 Å². The van der Waals surface area contributed by atoms with Gasteiger partial charge in [-0.1, -0.05) is 129 Å². The Bertz CT molecular complexity index is 348. The van der Waals surface area contributed by atoms with Crippen molar-refractivity contribution in [2.24, 2.45) is 0 Å². The SMILES string of the molecule is CCCCCCCCCCCCO.CCCCCCCCCCCCO.O=S(=O)([O-])[O-].[Na+].[Na+]. The summed E-state index contributed by atoms with van der Waals surface area (Å²) in [5.41, 5.74) is 0. The van der Waals surface area contributed by atoms with Crippen LogP contribution in [-0.4, -0.2) is 41.0 Å². The smallest absolute Gasteiger partial charge is 0.759 e. The van der Waals surface area contributed by atoms with E-state index in [0.29, 0.717) is 13.2 Å². The maximum Gasteiger partial charge on any atom is 1.00 e. The summed E-state index contributed by atoms with van der Waals surface area (Å²) in [5, 5.41) is 17.1. The Morgan fingerprint density at radius 3 is 0.758 bits per heavy atom. The standard InChI is InChI=1S/2C12H26O.2Na.H2O4S/c2*1-2-3-4-5-6-7-8-9-10-11-12-13;;;1-5(2,3)4/h2*13H,2-12H2,1H3;;;(H2,1,2,3,4)/q;;2*+1;/p-2. The van der Waals surface area contributed by atoms with Crippen molar-refractivity contribution in [1.29, 1.82) is 0 Å². The molecule has 2 N–H and O–H groups in total. The van der Waals surface area contributed by atoms with Gasteiger partial charge < -0.3 is 19.3 Å². The van der Waals surface area contributed by atoms with Gasteiger partial charge in [0.1, 0.15) is 0 Å². The van der Waals surface area contributed by atoms with E-state index in [2.05, 4.69) is 13.8 Å². The van der Waals surface area contributed by atoms with Crippen LogP contribution < -0.4 is 59.1 Å². The van der Waals surface area contributed by atoms with Crippen LogP contribution in [0.2, 0.25) is 0 Å². The largest absolute Gasteiger partial charge is 1.00 e. The van der Waals surface area contributed by atoms with Crippen LogP contribution in [0.5, 0.6) is 0 Å². The second-order valence-corrected chi connectivity index (χ2v) is 9.04. The summed E-state index contributed by atoms with van der Waals surface area (Å²) in [7, 11) is -5.17. The van der Waals surface area contributed by atoms with Crippen molar-refractivity contribution in [3.63, 3.8) is 0 Å². The molecule has 9 heteroatoms. The Hall–Kier alpha value is 1.79. The molecule has 0 aliphatic carbocycles. The molecule has 0 rings (SSSR count). The minimum absolute atomic E-state index is 0. The molecule has 0 saturated heterocycles. The van der Waals surface area contributed by atoms with Gasteiger partial charge in [0.15, 0.2) is 0 Å². The molecule has 0 unspecified atom stereocenters. The molecule has 6 nitrogen and oxygen atoms in total. The third kappa shape index (κ3) is 71.9. The van der Waals surface area contributed by atoms with E-state index >= 15 is 0 Å². The molecule has 192 valence electrons. The van der Waals surface area contributed by atoms with Gasteiger partial charge in [-0.25, -0.2) is 0 Å². The second kappa shape index (κ2) is 40.9. The predicted octanol–water partition coefficient (Wildman–Crippen LogP) is 0.469. The first-order valence-corrected chi connectivity index (χ1v) is 14.0. The fourth-order valence-corrected chi connectivity index (χ4v) is 3.20. The average molecular weight is 515 g/mol. The fraction of sp³-hybridized carbons (Fsp3) is 1.00. The van der Waals surface area contributed by atoms with Crippen LogP contribution >= 0.6 is 0 Å². The molecule has 0 amide bonds. The molecule has 0 fully saturated rings. The van der Waals surface area contributed by atoms with Gasteiger partial charge in [-0.15, -0.1) is 0 Å². The molecule has 0 radical (unpaired) electrons. The predicted molar refractivity (Wildman–Crippen MR) is 128 cm³/mol. The van der Waals surface area contributed by atoms with Gasteiger partial charge in [0, 0.05) is 23.6 Å². The van der Waals surface area contributed by atoms with Crippen molar-refractivity contribution in [2.75, 3.05) is 13.2 Å². The maximum atomic E-state index is 8.57. The molecule has 0 aromatic heterocycles. The minimum Gasteiger partial charge on any atom is -0.759 e. The fourth-order valence-electron chi connectivity index (χ4n) is 3.20. The van der Waals surface area contributed by atoms with E-state index in [1.165, 1.54) is 116 Å². The molecule has 0 aliphatic rings. The third-order valence-electron chi connectivity index (χ3n) is 5.02. The van der Waals surface area contributed by atoms with E-state index < -0.39 is 10.4 Å². The summed E-state index contributed by atoms with van der Waals surface area (Å²) < 4.78 is 34.1. The summed E-state index contributed by atoms with van der Waals surface area (Å²) in [5.74, 6) is 0. The molecular formula is C24H52Na2O6S. The summed E-state index contributed by atoms with van der Waals surface area (Å²) in [6.45, 7) is 5.26. The van der Waals surface area contributed by atoms with Crippen molar-refractivity contribution in [2.45, 2.75) is 142 Å². The summed E-state index contributed by atoms with van der Waals surface area (Å²) in [6, 6.07) is 0. The van der Waals surface area contributed by atoms with E-state index in [0.717, 1.165) is 12.8 Å². The topological polar surface area (TPSA) is 121 Å². The Labute approximate surface area is 250 Å². The first kappa shape index (κ1) is 44.8. The van der Waals surface area contributed by atoms with Gasteiger partial charge in [-0.05, 0) is 12.8 Å². The normalized spacial score (nSPS) is 10.1. The Morgan fingerprint density at radius 2 is 0.606 bits per heavy atom. The molecule has 33 heavy (non-hydrogen) atoms. The molecule has 0 spiro atoms. The average Bonchev–Trinajstić information content (AvgIpc) is 2.71. The zero-order valence-electron chi connectivity index (χ0n) is 22.5. The van der Waals surface area contributed by atoms with Gasteiger partial charge in [-0.2, -0.15) is 0 Å². The van der Waals surface area contributed by atoms with Crippen LogP contribution in [0.25, 0.3) is 0 Å². The van der Waals surface area contributed by atoms with Crippen molar-refractivity contribution >= 4 is 10.4 Å². The Kier molecular flexibility index (Phi) is 55.5. The number of hydrogen-bond acceptors (Lipinski definition) is 6. The van der Waals surface area contributed by atoms with E-state index in [4.69, 9.17) is 27.7 Å². The number of unbranched alkanes of at least 4 members (excludes halogenated alkanes) is 18. The van der Waals surface area contributed by atoms with E-state index in [1.54, 1.807) is 0 Å². The number of aliphatic hydroxyl groups is 2. The molecule has 0 heterocycles. The number of rotatable bonds is 20. The summed E-state index contributed by atoms with van der Waals surface area (Å²) in [4.78, 5) is 0. The first-order valence-electron chi connectivity index (χ1n) is 12.7. The molecule has 0 atom stereocenters. The molecule has 0 saturated carbocycles. The van der Waals surface area contributed by atoms with Crippen LogP contribution in [0.15, 0.2) is 0 Å². The van der Waals surface area contributed by atoms with Crippen LogP contribution in [0, 0.1) is 0 Å². The first-order chi connectivity index (χ1) is 14.8. The van der Waals surface area contributed by atoms with E-state index in [9.17, 15) is 0 Å². The van der Waals surface area contributed by atoms with Crippen molar-refractivity contribution in [1.82, 2.24) is 0 Å². The quantitative estimate of drug-likeness (QED) is 0.105. The second-order valence-electron chi connectivity index (χ2n) is 8.22. The third-order valence-corrected chi connectivity index (χ3v) is 5.02. The van der Waals surface area contributed by atoms with Gasteiger partial charge in [0.05, 0.1) is 0 Å². The molecule has 0 aliphatic heterocycles.